The number of likely N-dealkylation sites (N-methyl/N-ethyl adjacent to an activating group) is 1. The van der Waals surface area contributed by atoms with Gasteiger partial charge in [-0.15, -0.1) is 6.58 Å². The summed E-state index contributed by atoms with van der Waals surface area (Å²) in [6.07, 6.45) is 3.37. The minimum absolute atomic E-state index is 0.0482. The first-order valence-corrected chi connectivity index (χ1v) is 10.4. The van der Waals surface area contributed by atoms with Crippen LogP contribution in [0.15, 0.2) is 42.3 Å². The van der Waals surface area contributed by atoms with Gasteiger partial charge in [-0.25, -0.2) is 8.42 Å². The SMILES string of the molecule is C=CCCC(=C)S(=O)(=O)N(C)c1cc(OC)ccc1C.CCN(C=O)CCO. The number of sulfonamides is 1. The highest BCUT2D eigenvalue weighted by Crippen LogP contribution is 2.29. The molecule has 0 unspecified atom stereocenters. The lowest BCUT2D eigenvalue weighted by atomic mass is 10.2. The number of benzene rings is 1. The Labute approximate surface area is 169 Å². The van der Waals surface area contributed by atoms with Crippen LogP contribution in [-0.2, 0) is 14.8 Å². The first-order chi connectivity index (χ1) is 13.2. The summed E-state index contributed by atoms with van der Waals surface area (Å²) in [6, 6.07) is 5.33. The van der Waals surface area contributed by atoms with Crippen LogP contribution in [0.25, 0.3) is 0 Å². The molecular formula is C20H32N2O5S. The third kappa shape index (κ3) is 7.74. The lowest BCUT2D eigenvalue weighted by molar-refractivity contribution is -0.118. The molecule has 0 aromatic heterocycles. The number of aliphatic hydroxyl groups excluding tert-OH is 1. The zero-order chi connectivity index (χ0) is 21.7. The average molecular weight is 413 g/mol. The standard InChI is InChI=1S/C15H21NO3S.C5H11NO2/c1-6-7-8-13(3)20(17,18)16(4)15-11-14(19-5)10-9-12(15)2;1-2-6(5-8)3-4-7/h6,9-11H,1,3,7-8H2,2,4-5H3;5,7H,2-4H2,1H3. The fourth-order valence-corrected chi connectivity index (χ4v) is 3.40. The number of nitrogens with zero attached hydrogens (tertiary/aromatic N) is 2. The van der Waals surface area contributed by atoms with E-state index in [1.54, 1.807) is 25.3 Å². The molecule has 28 heavy (non-hydrogen) atoms. The second kappa shape index (κ2) is 13.0. The summed E-state index contributed by atoms with van der Waals surface area (Å²) >= 11 is 0. The van der Waals surface area contributed by atoms with Crippen molar-refractivity contribution in [3.8, 4) is 5.75 Å². The van der Waals surface area contributed by atoms with Gasteiger partial charge in [0.05, 0.1) is 24.3 Å². The molecule has 1 aromatic carbocycles. The van der Waals surface area contributed by atoms with Gasteiger partial charge in [-0.3, -0.25) is 9.10 Å². The fourth-order valence-electron chi connectivity index (χ4n) is 2.18. The summed E-state index contributed by atoms with van der Waals surface area (Å²) in [5.41, 5.74) is 1.44. The molecule has 158 valence electrons. The van der Waals surface area contributed by atoms with Crippen LogP contribution in [0, 0.1) is 6.92 Å². The monoisotopic (exact) mass is 412 g/mol. The molecule has 0 aliphatic heterocycles. The molecule has 1 aromatic rings. The molecule has 1 N–H and O–H groups in total. The zero-order valence-electron chi connectivity index (χ0n) is 17.2. The van der Waals surface area contributed by atoms with Crippen molar-refractivity contribution in [2.24, 2.45) is 0 Å². The zero-order valence-corrected chi connectivity index (χ0v) is 18.0. The van der Waals surface area contributed by atoms with Gasteiger partial charge in [0.1, 0.15) is 5.75 Å². The van der Waals surface area contributed by atoms with Gasteiger partial charge < -0.3 is 14.7 Å². The first kappa shape index (κ1) is 25.7. The Kier molecular flexibility index (Phi) is 11.9. The Morgan fingerprint density at radius 2 is 2.00 bits per heavy atom. The molecule has 0 aliphatic carbocycles. The molecule has 0 fully saturated rings. The highest BCUT2D eigenvalue weighted by atomic mass is 32.2. The largest absolute Gasteiger partial charge is 0.497 e. The molecule has 0 spiro atoms. The van der Waals surface area contributed by atoms with Crippen LogP contribution < -0.4 is 9.04 Å². The number of carbonyl (C=O) groups excluding carboxylic acids is 1. The molecule has 0 heterocycles. The van der Waals surface area contributed by atoms with E-state index in [1.165, 1.54) is 16.3 Å². The van der Waals surface area contributed by atoms with Crippen molar-refractivity contribution in [2.75, 3.05) is 38.2 Å². The Balaban J connectivity index is 0.000000769. The van der Waals surface area contributed by atoms with Crippen molar-refractivity contribution in [3.05, 3.63) is 47.9 Å². The second-order valence-electron chi connectivity index (χ2n) is 5.95. The summed E-state index contributed by atoms with van der Waals surface area (Å²) in [5.74, 6) is 0.615. The van der Waals surface area contributed by atoms with E-state index in [1.807, 2.05) is 19.9 Å². The summed E-state index contributed by atoms with van der Waals surface area (Å²) in [7, 11) is -0.505. The molecule has 0 saturated heterocycles. The number of anilines is 1. The van der Waals surface area contributed by atoms with Gasteiger partial charge >= 0.3 is 0 Å². The maximum absolute atomic E-state index is 12.4. The van der Waals surface area contributed by atoms with E-state index in [4.69, 9.17) is 9.84 Å². The van der Waals surface area contributed by atoms with Crippen molar-refractivity contribution in [1.29, 1.82) is 0 Å². The van der Waals surface area contributed by atoms with Gasteiger partial charge in [0, 0.05) is 26.2 Å². The van der Waals surface area contributed by atoms with Crippen molar-refractivity contribution >= 4 is 22.1 Å². The van der Waals surface area contributed by atoms with Crippen LogP contribution in [0.2, 0.25) is 0 Å². The third-order valence-electron chi connectivity index (χ3n) is 4.05. The minimum atomic E-state index is -3.58. The predicted octanol–water partition coefficient (Wildman–Crippen LogP) is 2.71. The smallest absolute Gasteiger partial charge is 0.259 e. The van der Waals surface area contributed by atoms with Crippen LogP contribution in [0.4, 0.5) is 5.69 Å². The normalized spacial score (nSPS) is 10.3. The predicted molar refractivity (Wildman–Crippen MR) is 114 cm³/mol. The number of hydrogen-bond acceptors (Lipinski definition) is 5. The number of aryl methyl sites for hydroxylation is 1. The topological polar surface area (TPSA) is 87.2 Å². The van der Waals surface area contributed by atoms with E-state index in [9.17, 15) is 13.2 Å². The highest BCUT2D eigenvalue weighted by molar-refractivity contribution is 7.96. The molecule has 8 heteroatoms. The Bertz CT molecular complexity index is 747. The molecule has 1 amide bonds. The lowest BCUT2D eigenvalue weighted by Crippen LogP contribution is -2.28. The van der Waals surface area contributed by atoms with E-state index in [-0.39, 0.29) is 11.5 Å². The van der Waals surface area contributed by atoms with Crippen molar-refractivity contribution < 1.29 is 23.1 Å². The van der Waals surface area contributed by atoms with Gasteiger partial charge in [-0.05, 0) is 38.3 Å². The summed E-state index contributed by atoms with van der Waals surface area (Å²) in [4.78, 5) is 11.6. The summed E-state index contributed by atoms with van der Waals surface area (Å²) < 4.78 is 31.3. The molecule has 0 bridgehead atoms. The summed E-state index contributed by atoms with van der Waals surface area (Å²) in [5, 5.41) is 8.30. The van der Waals surface area contributed by atoms with E-state index in [2.05, 4.69) is 13.2 Å². The van der Waals surface area contributed by atoms with Gasteiger partial charge in [0.15, 0.2) is 0 Å². The maximum atomic E-state index is 12.4. The molecule has 0 saturated carbocycles. The number of ether oxygens (including phenoxy) is 1. The minimum Gasteiger partial charge on any atom is -0.497 e. The number of aliphatic hydroxyl groups is 1. The fraction of sp³-hybridized carbons (Fsp3) is 0.450. The molecule has 7 nitrogen and oxygen atoms in total. The number of carbonyl (C=O) groups is 1. The average Bonchev–Trinajstić information content (AvgIpc) is 2.70. The van der Waals surface area contributed by atoms with E-state index in [0.717, 1.165) is 12.0 Å². The summed E-state index contributed by atoms with van der Waals surface area (Å²) in [6.45, 7) is 12.1. The van der Waals surface area contributed by atoms with E-state index >= 15 is 0 Å². The molecule has 0 aliphatic rings. The molecule has 1 rings (SSSR count). The van der Waals surface area contributed by atoms with Gasteiger partial charge in [0.25, 0.3) is 10.0 Å². The number of allylic oxidation sites excluding steroid dienone is 2. The van der Waals surface area contributed by atoms with Crippen LogP contribution in [0.3, 0.4) is 0 Å². The second-order valence-corrected chi connectivity index (χ2v) is 8.02. The highest BCUT2D eigenvalue weighted by Gasteiger charge is 2.23. The van der Waals surface area contributed by atoms with E-state index < -0.39 is 10.0 Å². The van der Waals surface area contributed by atoms with E-state index in [0.29, 0.717) is 37.4 Å². The molecule has 0 radical (unpaired) electrons. The third-order valence-corrected chi connectivity index (χ3v) is 5.90. The quantitative estimate of drug-likeness (QED) is 0.446. The van der Waals surface area contributed by atoms with Gasteiger partial charge in [0.2, 0.25) is 6.41 Å². The lowest BCUT2D eigenvalue weighted by Gasteiger charge is -2.23. The number of hydrogen-bond donors (Lipinski definition) is 1. The van der Waals surface area contributed by atoms with Crippen LogP contribution in [0.5, 0.6) is 5.75 Å². The van der Waals surface area contributed by atoms with Crippen molar-refractivity contribution in [3.63, 3.8) is 0 Å². The number of rotatable bonds is 11. The number of amides is 1. The van der Waals surface area contributed by atoms with Crippen LogP contribution in [-0.4, -0.2) is 58.7 Å². The molecular weight excluding hydrogens is 380 g/mol. The van der Waals surface area contributed by atoms with Crippen molar-refractivity contribution in [1.82, 2.24) is 4.90 Å². The number of methoxy groups -OCH3 is 1. The Morgan fingerprint density at radius 3 is 2.43 bits per heavy atom. The Hall–Kier alpha value is -2.32. The van der Waals surface area contributed by atoms with Crippen molar-refractivity contribution in [2.45, 2.75) is 26.7 Å². The van der Waals surface area contributed by atoms with Gasteiger partial charge in [-0.2, -0.15) is 0 Å². The van der Waals surface area contributed by atoms with Crippen LogP contribution in [0.1, 0.15) is 25.3 Å². The first-order valence-electron chi connectivity index (χ1n) is 8.91. The maximum Gasteiger partial charge on any atom is 0.259 e. The van der Waals surface area contributed by atoms with Crippen LogP contribution >= 0.6 is 0 Å². The molecule has 0 atom stereocenters. The van der Waals surface area contributed by atoms with Gasteiger partial charge in [-0.1, -0.05) is 18.7 Å². The Morgan fingerprint density at radius 1 is 1.36 bits per heavy atom.